The Morgan fingerprint density at radius 2 is 1.78 bits per heavy atom. The SMILES string of the molecule is COC=Nc1cccc(C(=O)OC)c1C(=O)OC. The van der Waals surface area contributed by atoms with Gasteiger partial charge in [0.05, 0.1) is 38.1 Å². The maximum atomic E-state index is 11.7. The first-order valence-electron chi connectivity index (χ1n) is 5.00. The highest BCUT2D eigenvalue weighted by molar-refractivity contribution is 6.06. The van der Waals surface area contributed by atoms with E-state index >= 15 is 0 Å². The van der Waals surface area contributed by atoms with E-state index < -0.39 is 11.9 Å². The number of benzene rings is 1. The van der Waals surface area contributed by atoms with Crippen LogP contribution in [0, 0.1) is 0 Å². The molecule has 6 heteroatoms. The highest BCUT2D eigenvalue weighted by Crippen LogP contribution is 2.24. The number of rotatable bonds is 4. The molecule has 0 fully saturated rings. The zero-order chi connectivity index (χ0) is 13.5. The van der Waals surface area contributed by atoms with Gasteiger partial charge in [-0.25, -0.2) is 14.6 Å². The van der Waals surface area contributed by atoms with E-state index in [4.69, 9.17) is 0 Å². The Bertz CT molecular complexity index is 481. The molecule has 1 rings (SSSR count). The summed E-state index contributed by atoms with van der Waals surface area (Å²) in [5.41, 5.74) is 0.404. The minimum atomic E-state index is -0.667. The van der Waals surface area contributed by atoms with Gasteiger partial charge in [-0.15, -0.1) is 0 Å². The average Bonchev–Trinajstić information content (AvgIpc) is 2.42. The van der Waals surface area contributed by atoms with E-state index in [1.165, 1.54) is 27.4 Å². The predicted octanol–water partition coefficient (Wildman–Crippen LogP) is 1.57. The van der Waals surface area contributed by atoms with Crippen LogP contribution in [0.25, 0.3) is 0 Å². The van der Waals surface area contributed by atoms with Crippen molar-refractivity contribution in [1.29, 1.82) is 0 Å². The van der Waals surface area contributed by atoms with Crippen LogP contribution >= 0.6 is 0 Å². The first kappa shape index (κ1) is 13.7. The number of carbonyl (C=O) groups is 2. The van der Waals surface area contributed by atoms with Crippen LogP contribution in [0.1, 0.15) is 20.7 Å². The summed E-state index contributed by atoms with van der Waals surface area (Å²) in [7, 11) is 3.88. The molecule has 0 aliphatic heterocycles. The number of ether oxygens (including phenoxy) is 3. The molecule has 1 aromatic carbocycles. The Kier molecular flexibility index (Phi) is 4.86. The van der Waals surface area contributed by atoms with Crippen molar-refractivity contribution < 1.29 is 23.8 Å². The maximum absolute atomic E-state index is 11.7. The van der Waals surface area contributed by atoms with Gasteiger partial charge in [-0.3, -0.25) is 0 Å². The van der Waals surface area contributed by atoms with E-state index in [2.05, 4.69) is 19.2 Å². The van der Waals surface area contributed by atoms with E-state index in [9.17, 15) is 9.59 Å². The molecule has 0 aliphatic carbocycles. The zero-order valence-corrected chi connectivity index (χ0v) is 10.3. The highest BCUT2D eigenvalue weighted by Gasteiger charge is 2.21. The van der Waals surface area contributed by atoms with Gasteiger partial charge in [0.25, 0.3) is 0 Å². The molecular formula is C12H13NO5. The fourth-order valence-corrected chi connectivity index (χ4v) is 1.35. The lowest BCUT2D eigenvalue weighted by atomic mass is 10.1. The molecule has 0 amide bonds. The lowest BCUT2D eigenvalue weighted by molar-refractivity contribution is 0.0556. The molecule has 0 aromatic heterocycles. The summed E-state index contributed by atoms with van der Waals surface area (Å²) < 4.78 is 13.9. The number of nitrogens with zero attached hydrogens (tertiary/aromatic N) is 1. The van der Waals surface area contributed by atoms with E-state index in [1.54, 1.807) is 12.1 Å². The van der Waals surface area contributed by atoms with Crippen molar-refractivity contribution in [3.05, 3.63) is 29.3 Å². The zero-order valence-electron chi connectivity index (χ0n) is 10.3. The molecule has 0 bridgehead atoms. The molecule has 0 saturated carbocycles. The molecule has 0 atom stereocenters. The quantitative estimate of drug-likeness (QED) is 0.461. The fraction of sp³-hybridized carbons (Fsp3) is 0.250. The number of aliphatic imine (C=N–C) groups is 1. The summed E-state index contributed by atoms with van der Waals surface area (Å²) >= 11 is 0. The van der Waals surface area contributed by atoms with Gasteiger partial charge in [0.2, 0.25) is 0 Å². The summed E-state index contributed by atoms with van der Waals surface area (Å²) in [5.74, 6) is -1.30. The van der Waals surface area contributed by atoms with Crippen molar-refractivity contribution in [2.24, 2.45) is 4.99 Å². The third-order valence-electron chi connectivity index (χ3n) is 2.13. The molecule has 0 unspecified atom stereocenters. The van der Waals surface area contributed by atoms with Crippen LogP contribution in [0.3, 0.4) is 0 Å². The molecule has 0 saturated heterocycles. The normalized spacial score (nSPS) is 10.2. The van der Waals surface area contributed by atoms with Crippen LogP contribution < -0.4 is 0 Å². The molecular weight excluding hydrogens is 238 g/mol. The molecule has 0 aliphatic rings. The minimum Gasteiger partial charge on any atom is -0.486 e. The number of methoxy groups -OCH3 is 3. The second-order valence-corrected chi connectivity index (χ2v) is 3.15. The van der Waals surface area contributed by atoms with Crippen molar-refractivity contribution in [2.75, 3.05) is 21.3 Å². The standard InChI is InChI=1S/C12H13NO5/c1-16-7-13-9-6-4-5-8(11(14)17-2)10(9)12(15)18-3/h4-7H,1-3H3. The summed E-state index contributed by atoms with van der Waals surface area (Å²) in [6.45, 7) is 0. The third kappa shape index (κ3) is 2.85. The van der Waals surface area contributed by atoms with Gasteiger partial charge in [0.1, 0.15) is 0 Å². The first-order chi connectivity index (χ1) is 8.65. The lowest BCUT2D eigenvalue weighted by Crippen LogP contribution is -2.12. The van der Waals surface area contributed by atoms with Crippen molar-refractivity contribution in [1.82, 2.24) is 0 Å². The average molecular weight is 251 g/mol. The van der Waals surface area contributed by atoms with Crippen LogP contribution in [0.15, 0.2) is 23.2 Å². The predicted molar refractivity (Wildman–Crippen MR) is 64.3 cm³/mol. The van der Waals surface area contributed by atoms with Crippen molar-refractivity contribution in [3.8, 4) is 0 Å². The maximum Gasteiger partial charge on any atom is 0.340 e. The number of hydrogen-bond acceptors (Lipinski definition) is 6. The molecule has 96 valence electrons. The van der Waals surface area contributed by atoms with E-state index in [0.29, 0.717) is 0 Å². The van der Waals surface area contributed by atoms with Crippen LogP contribution in [-0.2, 0) is 14.2 Å². The fourth-order valence-electron chi connectivity index (χ4n) is 1.35. The molecule has 0 heterocycles. The van der Waals surface area contributed by atoms with Crippen LogP contribution in [0.4, 0.5) is 5.69 Å². The summed E-state index contributed by atoms with van der Waals surface area (Å²) in [4.78, 5) is 27.2. The Hall–Kier alpha value is -2.37. The molecule has 1 aromatic rings. The van der Waals surface area contributed by atoms with E-state index in [-0.39, 0.29) is 16.8 Å². The molecule has 0 N–H and O–H groups in total. The van der Waals surface area contributed by atoms with Crippen molar-refractivity contribution in [3.63, 3.8) is 0 Å². The largest absolute Gasteiger partial charge is 0.486 e. The molecule has 18 heavy (non-hydrogen) atoms. The molecule has 0 radical (unpaired) electrons. The van der Waals surface area contributed by atoms with E-state index in [1.807, 2.05) is 0 Å². The smallest absolute Gasteiger partial charge is 0.340 e. The van der Waals surface area contributed by atoms with Gasteiger partial charge in [0.15, 0.2) is 6.40 Å². The molecule has 0 spiro atoms. The Morgan fingerprint density at radius 1 is 1.11 bits per heavy atom. The second kappa shape index (κ2) is 6.39. The van der Waals surface area contributed by atoms with Gasteiger partial charge in [-0.05, 0) is 12.1 Å². The van der Waals surface area contributed by atoms with E-state index in [0.717, 1.165) is 6.40 Å². The Morgan fingerprint density at radius 3 is 2.33 bits per heavy atom. The summed E-state index contributed by atoms with van der Waals surface area (Å²) in [6, 6.07) is 4.61. The van der Waals surface area contributed by atoms with Crippen LogP contribution in [0.2, 0.25) is 0 Å². The topological polar surface area (TPSA) is 74.2 Å². The van der Waals surface area contributed by atoms with Gasteiger partial charge < -0.3 is 14.2 Å². The highest BCUT2D eigenvalue weighted by atomic mass is 16.5. The van der Waals surface area contributed by atoms with Gasteiger partial charge in [-0.1, -0.05) is 6.07 Å². The monoisotopic (exact) mass is 251 g/mol. The van der Waals surface area contributed by atoms with Crippen LogP contribution in [-0.4, -0.2) is 39.7 Å². The summed E-state index contributed by atoms with van der Waals surface area (Å²) in [6.07, 6.45) is 1.16. The first-order valence-corrected chi connectivity index (χ1v) is 5.00. The minimum absolute atomic E-state index is 0.0418. The second-order valence-electron chi connectivity index (χ2n) is 3.15. The molecule has 6 nitrogen and oxygen atoms in total. The Labute approximate surface area is 104 Å². The van der Waals surface area contributed by atoms with Gasteiger partial charge >= 0.3 is 11.9 Å². The Balaban J connectivity index is 3.39. The van der Waals surface area contributed by atoms with Crippen LogP contribution in [0.5, 0.6) is 0 Å². The number of esters is 2. The van der Waals surface area contributed by atoms with Crippen molar-refractivity contribution >= 4 is 24.0 Å². The number of carbonyl (C=O) groups excluding carboxylic acids is 2. The van der Waals surface area contributed by atoms with Gasteiger partial charge in [0, 0.05) is 0 Å². The summed E-state index contributed by atoms with van der Waals surface area (Å²) in [5, 5.41) is 0. The van der Waals surface area contributed by atoms with Gasteiger partial charge in [-0.2, -0.15) is 0 Å². The third-order valence-corrected chi connectivity index (χ3v) is 2.13. The lowest BCUT2D eigenvalue weighted by Gasteiger charge is -2.08. The number of hydrogen-bond donors (Lipinski definition) is 0. The van der Waals surface area contributed by atoms with Crippen molar-refractivity contribution in [2.45, 2.75) is 0 Å².